The van der Waals surface area contributed by atoms with E-state index in [4.69, 9.17) is 0 Å². The number of aliphatic hydroxyl groups is 1. The Hall–Kier alpha value is -2.02. The molecule has 0 amide bonds. The van der Waals surface area contributed by atoms with Gasteiger partial charge >= 0.3 is 0 Å². The zero-order chi connectivity index (χ0) is 19.9. The molecule has 8 heteroatoms. The number of aliphatic imine (C=N–C) groups is 1. The molecule has 2 saturated carbocycles. The number of carbonyl (C=O) groups excluding carboxylic acids is 1. The smallest absolute Gasteiger partial charge is 0.252 e. The van der Waals surface area contributed by atoms with Crippen LogP contribution in [0.4, 0.5) is 5.95 Å². The van der Waals surface area contributed by atoms with Crippen molar-refractivity contribution in [1.82, 2.24) is 15.3 Å². The molecule has 0 bridgehead atoms. The molecule has 0 aliphatic heterocycles. The van der Waals surface area contributed by atoms with E-state index in [-0.39, 0.29) is 23.6 Å². The minimum atomic E-state index is -0.944. The Kier molecular flexibility index (Phi) is 7.36. The normalized spacial score (nSPS) is 28.9. The lowest BCUT2D eigenvalue weighted by Gasteiger charge is -2.34. The second-order valence-corrected chi connectivity index (χ2v) is 8.30. The van der Waals surface area contributed by atoms with Crippen LogP contribution in [-0.2, 0) is 4.79 Å². The average Bonchev–Trinajstić information content (AvgIpc) is 2.64. The van der Waals surface area contributed by atoms with Crippen molar-refractivity contribution in [3.63, 3.8) is 0 Å². The number of aliphatic hydroxyl groups excluding tert-OH is 1. The number of isocyanates is 1. The first-order valence-corrected chi connectivity index (χ1v) is 10.4. The third kappa shape index (κ3) is 6.26. The molecule has 8 nitrogen and oxygen atoms in total. The van der Waals surface area contributed by atoms with E-state index < -0.39 is 6.35 Å². The molecule has 1 unspecified atom stereocenters. The predicted octanol–water partition coefficient (Wildman–Crippen LogP) is 2.20. The highest BCUT2D eigenvalue weighted by atomic mass is 16.3. The van der Waals surface area contributed by atoms with Crippen molar-refractivity contribution < 1.29 is 9.90 Å². The van der Waals surface area contributed by atoms with E-state index in [1.807, 2.05) is 0 Å². The van der Waals surface area contributed by atoms with Gasteiger partial charge in [0.1, 0.15) is 0 Å². The second-order valence-electron chi connectivity index (χ2n) is 8.30. The zero-order valence-corrected chi connectivity index (χ0v) is 16.5. The van der Waals surface area contributed by atoms with Gasteiger partial charge in [-0.25, -0.2) is 14.8 Å². The molecule has 2 fully saturated rings. The summed E-state index contributed by atoms with van der Waals surface area (Å²) in [7, 11) is 0. The number of aryl methyl sites for hydroxylation is 1. The second kappa shape index (κ2) is 9.96. The first-order valence-electron chi connectivity index (χ1n) is 10.4. The number of nitrogens with one attached hydrogen (secondary N) is 3. The first kappa shape index (κ1) is 20.7. The summed E-state index contributed by atoms with van der Waals surface area (Å²) >= 11 is 0. The minimum absolute atomic E-state index is 0.195. The van der Waals surface area contributed by atoms with Gasteiger partial charge in [-0.3, -0.25) is 15.1 Å². The SMILES string of the molecule is Cc1cc(=O)[nH]c(NC(O)NC2CCC(CC3CCC(N=C=O)CC3)CC2)n1. The molecule has 28 heavy (non-hydrogen) atoms. The number of hydrogen-bond donors (Lipinski definition) is 4. The number of hydrogen-bond acceptors (Lipinski definition) is 7. The molecule has 0 saturated heterocycles. The fourth-order valence-corrected chi connectivity index (χ4v) is 4.66. The van der Waals surface area contributed by atoms with Crippen LogP contribution in [0.5, 0.6) is 0 Å². The lowest BCUT2D eigenvalue weighted by atomic mass is 9.76. The van der Waals surface area contributed by atoms with Gasteiger partial charge in [-0.15, -0.1) is 0 Å². The molecule has 154 valence electrons. The van der Waals surface area contributed by atoms with Crippen LogP contribution >= 0.6 is 0 Å². The fraction of sp³-hybridized carbons (Fsp3) is 0.750. The van der Waals surface area contributed by atoms with Crippen LogP contribution in [0.1, 0.15) is 63.5 Å². The van der Waals surface area contributed by atoms with Crippen molar-refractivity contribution in [2.75, 3.05) is 5.32 Å². The molecule has 2 aliphatic carbocycles. The average molecular weight is 390 g/mol. The monoisotopic (exact) mass is 389 g/mol. The van der Waals surface area contributed by atoms with Crippen molar-refractivity contribution in [3.8, 4) is 0 Å². The molecule has 3 rings (SSSR count). The van der Waals surface area contributed by atoms with Crippen molar-refractivity contribution in [3.05, 3.63) is 22.1 Å². The Morgan fingerprint density at radius 1 is 1.21 bits per heavy atom. The number of aromatic amines is 1. The van der Waals surface area contributed by atoms with Gasteiger partial charge in [0.05, 0.1) is 6.04 Å². The van der Waals surface area contributed by atoms with E-state index in [0.717, 1.165) is 50.4 Å². The number of anilines is 1. The van der Waals surface area contributed by atoms with Crippen LogP contribution < -0.4 is 16.2 Å². The quantitative estimate of drug-likeness (QED) is 0.322. The van der Waals surface area contributed by atoms with Gasteiger partial charge in [-0.05, 0) is 76.5 Å². The van der Waals surface area contributed by atoms with Crippen LogP contribution in [0.2, 0.25) is 0 Å². The summed E-state index contributed by atoms with van der Waals surface area (Å²) in [6, 6.07) is 1.86. The van der Waals surface area contributed by atoms with E-state index in [9.17, 15) is 14.7 Å². The highest BCUT2D eigenvalue weighted by Gasteiger charge is 2.27. The maximum Gasteiger partial charge on any atom is 0.252 e. The van der Waals surface area contributed by atoms with Gasteiger partial charge in [-0.1, -0.05) is 0 Å². The van der Waals surface area contributed by atoms with Crippen LogP contribution in [0, 0.1) is 18.8 Å². The Morgan fingerprint density at radius 3 is 2.46 bits per heavy atom. The van der Waals surface area contributed by atoms with Crippen molar-refractivity contribution in [2.24, 2.45) is 16.8 Å². The van der Waals surface area contributed by atoms with Crippen molar-refractivity contribution in [1.29, 1.82) is 0 Å². The Balaban J connectivity index is 1.37. The number of rotatable bonds is 7. The summed E-state index contributed by atoms with van der Waals surface area (Å²) in [6.07, 6.45) is 10.8. The van der Waals surface area contributed by atoms with Gasteiger partial charge in [0, 0.05) is 17.8 Å². The lowest BCUT2D eigenvalue weighted by Crippen LogP contribution is -2.45. The van der Waals surface area contributed by atoms with Crippen LogP contribution in [-0.4, -0.2) is 39.6 Å². The van der Waals surface area contributed by atoms with Gasteiger partial charge < -0.3 is 10.4 Å². The van der Waals surface area contributed by atoms with E-state index in [0.29, 0.717) is 5.69 Å². The number of aromatic nitrogens is 2. The summed E-state index contributed by atoms with van der Waals surface area (Å²) < 4.78 is 0. The molecular formula is C20H31N5O3. The third-order valence-electron chi connectivity index (χ3n) is 6.10. The molecule has 0 aromatic carbocycles. The lowest BCUT2D eigenvalue weighted by molar-refractivity contribution is 0.125. The van der Waals surface area contributed by atoms with E-state index >= 15 is 0 Å². The topological polar surface area (TPSA) is 119 Å². The van der Waals surface area contributed by atoms with Crippen LogP contribution in [0.3, 0.4) is 0 Å². The predicted molar refractivity (Wildman–Crippen MR) is 107 cm³/mol. The summed E-state index contributed by atoms with van der Waals surface area (Å²) in [4.78, 5) is 32.5. The first-order chi connectivity index (χ1) is 13.5. The van der Waals surface area contributed by atoms with Crippen LogP contribution in [0.15, 0.2) is 15.9 Å². The molecule has 1 atom stereocenters. The summed E-state index contributed by atoms with van der Waals surface area (Å²) in [5, 5.41) is 16.2. The maximum absolute atomic E-state index is 11.5. The third-order valence-corrected chi connectivity index (χ3v) is 6.10. The van der Waals surface area contributed by atoms with Gasteiger partial charge in [0.25, 0.3) is 5.56 Å². The van der Waals surface area contributed by atoms with Gasteiger partial charge in [0.2, 0.25) is 12.0 Å². The van der Waals surface area contributed by atoms with Gasteiger partial charge in [-0.2, -0.15) is 0 Å². The summed E-state index contributed by atoms with van der Waals surface area (Å²) in [5.41, 5.74) is 0.362. The fourth-order valence-electron chi connectivity index (χ4n) is 4.66. The molecule has 0 radical (unpaired) electrons. The van der Waals surface area contributed by atoms with Crippen molar-refractivity contribution >= 4 is 12.0 Å². The molecule has 1 aromatic rings. The maximum atomic E-state index is 11.5. The molecule has 1 heterocycles. The summed E-state index contributed by atoms with van der Waals surface area (Å²) in [5.74, 6) is 1.77. The summed E-state index contributed by atoms with van der Waals surface area (Å²) in [6.45, 7) is 1.74. The van der Waals surface area contributed by atoms with E-state index in [2.05, 4.69) is 25.6 Å². The molecule has 4 N–H and O–H groups in total. The molecule has 1 aromatic heterocycles. The molecule has 2 aliphatic rings. The number of nitrogens with zero attached hydrogens (tertiary/aromatic N) is 2. The Morgan fingerprint density at radius 2 is 1.86 bits per heavy atom. The highest BCUT2D eigenvalue weighted by Crippen LogP contribution is 2.36. The van der Waals surface area contributed by atoms with Crippen molar-refractivity contribution in [2.45, 2.75) is 83.1 Å². The molecular weight excluding hydrogens is 358 g/mol. The van der Waals surface area contributed by atoms with Gasteiger partial charge in [0.15, 0.2) is 6.35 Å². The standard InChI is InChI=1S/C20H31N5O3/c1-13-10-18(27)24-19(22-13)25-20(28)23-17-8-4-15(5-9-17)11-14-2-6-16(7-3-14)21-12-26/h10,14-17,20,23,28H,2-9,11H2,1H3,(H2,22,24,25,27). The Bertz CT molecular complexity index is 730. The minimum Gasteiger partial charge on any atom is -0.361 e. The van der Waals surface area contributed by atoms with E-state index in [1.165, 1.54) is 25.3 Å². The number of H-pyrrole nitrogens is 1. The van der Waals surface area contributed by atoms with Crippen LogP contribution in [0.25, 0.3) is 0 Å². The highest BCUT2D eigenvalue weighted by molar-refractivity contribution is 5.33. The zero-order valence-electron chi connectivity index (χ0n) is 16.5. The van der Waals surface area contributed by atoms with E-state index in [1.54, 1.807) is 13.0 Å². The largest absolute Gasteiger partial charge is 0.361 e. The Labute approximate surface area is 165 Å². The molecule has 0 spiro atoms.